The quantitative estimate of drug-likeness (QED) is 0.821. The molecule has 0 atom stereocenters. The molecule has 0 bridgehead atoms. The van der Waals surface area contributed by atoms with Crippen molar-refractivity contribution >= 4 is 38.1 Å². The summed E-state index contributed by atoms with van der Waals surface area (Å²) < 4.78 is 0.859. The predicted molar refractivity (Wildman–Crippen MR) is 68.5 cm³/mol. The lowest BCUT2D eigenvalue weighted by atomic mass is 10.2. The summed E-state index contributed by atoms with van der Waals surface area (Å²) in [4.78, 5) is 3.99. The third-order valence-electron chi connectivity index (χ3n) is 1.97. The molecule has 0 saturated heterocycles. The molecule has 88 valence electrons. The highest BCUT2D eigenvalue weighted by Gasteiger charge is 2.06. The normalized spacial score (nSPS) is 11.2. The van der Waals surface area contributed by atoms with Gasteiger partial charge in [-0.3, -0.25) is 0 Å². The van der Waals surface area contributed by atoms with E-state index in [9.17, 15) is 10.2 Å². The fourth-order valence-electron chi connectivity index (χ4n) is 1.26. The Kier molecular flexibility index (Phi) is 3.39. The van der Waals surface area contributed by atoms with Crippen LogP contribution in [0.3, 0.4) is 0 Å². The van der Waals surface area contributed by atoms with Gasteiger partial charge in [0.25, 0.3) is 0 Å². The van der Waals surface area contributed by atoms with Crippen molar-refractivity contribution in [2.45, 2.75) is 6.92 Å². The molecule has 2 N–H and O–H groups in total. The lowest BCUT2D eigenvalue weighted by molar-refractivity contribution is 0.450. The maximum Gasteiger partial charge on any atom is 0.230 e. The van der Waals surface area contributed by atoms with Gasteiger partial charge in [-0.1, -0.05) is 11.3 Å². The van der Waals surface area contributed by atoms with Crippen LogP contribution in [0, 0.1) is 6.92 Å². The van der Waals surface area contributed by atoms with Crippen LogP contribution in [-0.2, 0) is 0 Å². The number of azo groups is 1. The van der Waals surface area contributed by atoms with Gasteiger partial charge < -0.3 is 10.2 Å². The van der Waals surface area contributed by atoms with Crippen molar-refractivity contribution in [1.29, 1.82) is 0 Å². The molecule has 0 saturated carbocycles. The number of thiazole rings is 1. The summed E-state index contributed by atoms with van der Waals surface area (Å²) in [7, 11) is 0. The fourth-order valence-corrected chi connectivity index (χ4v) is 2.26. The van der Waals surface area contributed by atoms with E-state index in [1.54, 1.807) is 13.1 Å². The lowest BCUT2D eigenvalue weighted by Crippen LogP contribution is -1.75. The van der Waals surface area contributed by atoms with E-state index in [-0.39, 0.29) is 11.5 Å². The zero-order valence-corrected chi connectivity index (χ0v) is 11.2. The Morgan fingerprint density at radius 3 is 2.65 bits per heavy atom. The first-order valence-corrected chi connectivity index (χ1v) is 6.23. The van der Waals surface area contributed by atoms with Crippen LogP contribution in [0.15, 0.2) is 32.3 Å². The molecule has 0 radical (unpaired) electrons. The zero-order valence-electron chi connectivity index (χ0n) is 8.75. The molecule has 1 aromatic carbocycles. The molecule has 7 heteroatoms. The van der Waals surface area contributed by atoms with E-state index in [1.165, 1.54) is 23.5 Å². The van der Waals surface area contributed by atoms with Crippen molar-refractivity contribution in [3.63, 3.8) is 0 Å². The van der Waals surface area contributed by atoms with E-state index in [2.05, 4.69) is 31.1 Å². The summed E-state index contributed by atoms with van der Waals surface area (Å²) in [6, 6.07) is 2.73. The van der Waals surface area contributed by atoms with E-state index in [0.29, 0.717) is 16.4 Å². The van der Waals surface area contributed by atoms with Crippen LogP contribution in [0.5, 0.6) is 11.5 Å². The number of halogens is 1. The third-order valence-corrected chi connectivity index (χ3v) is 3.33. The van der Waals surface area contributed by atoms with Crippen molar-refractivity contribution in [3.8, 4) is 11.5 Å². The van der Waals surface area contributed by atoms with Crippen LogP contribution >= 0.6 is 27.3 Å². The number of benzene rings is 1. The van der Waals surface area contributed by atoms with E-state index >= 15 is 0 Å². The van der Waals surface area contributed by atoms with Crippen molar-refractivity contribution in [2.75, 3.05) is 0 Å². The Morgan fingerprint density at radius 1 is 1.29 bits per heavy atom. The van der Waals surface area contributed by atoms with Crippen LogP contribution in [-0.4, -0.2) is 15.2 Å². The fraction of sp³-hybridized carbons (Fsp3) is 0.100. The summed E-state index contributed by atoms with van der Waals surface area (Å²) in [5.74, 6) is -0.113. The SMILES string of the molecule is Cc1cc(O)cc(O)c1N=Nc1ncc(Br)s1. The smallest absolute Gasteiger partial charge is 0.230 e. The number of rotatable bonds is 2. The van der Waals surface area contributed by atoms with Crippen molar-refractivity contribution in [2.24, 2.45) is 10.2 Å². The zero-order chi connectivity index (χ0) is 12.4. The van der Waals surface area contributed by atoms with Gasteiger partial charge in [-0.2, -0.15) is 0 Å². The minimum atomic E-state index is -0.109. The second-order valence-corrected chi connectivity index (χ2v) is 5.67. The Balaban J connectivity index is 2.33. The minimum Gasteiger partial charge on any atom is -0.508 e. The number of hydrogen-bond acceptors (Lipinski definition) is 6. The van der Waals surface area contributed by atoms with Crippen LogP contribution in [0.4, 0.5) is 10.8 Å². The van der Waals surface area contributed by atoms with Gasteiger partial charge in [-0.05, 0) is 34.5 Å². The standard InChI is InChI=1S/C10H8BrN3O2S/c1-5-2-6(15)3-7(16)9(5)13-14-10-12-4-8(11)17-10/h2-4,15-16H,1H3. The van der Waals surface area contributed by atoms with Crippen LogP contribution < -0.4 is 0 Å². The molecule has 0 aliphatic heterocycles. The van der Waals surface area contributed by atoms with Crippen LogP contribution in [0.2, 0.25) is 0 Å². The molecular formula is C10H8BrN3O2S. The number of aromatic hydroxyl groups is 2. The highest BCUT2D eigenvalue weighted by molar-refractivity contribution is 9.11. The molecule has 2 aromatic rings. The molecule has 1 aromatic heterocycles. The Labute approximate surface area is 110 Å². The predicted octanol–water partition coefficient (Wildman–Crippen LogP) is 4.04. The molecular weight excluding hydrogens is 306 g/mol. The Hall–Kier alpha value is -1.47. The van der Waals surface area contributed by atoms with Crippen LogP contribution in [0.25, 0.3) is 0 Å². The van der Waals surface area contributed by atoms with Gasteiger partial charge in [0.05, 0.1) is 9.98 Å². The second-order valence-electron chi connectivity index (χ2n) is 3.28. The van der Waals surface area contributed by atoms with E-state index in [1.807, 2.05) is 0 Å². The number of nitrogens with zero attached hydrogens (tertiary/aromatic N) is 3. The number of aryl methyl sites for hydroxylation is 1. The molecule has 2 rings (SSSR count). The molecule has 5 nitrogen and oxygen atoms in total. The van der Waals surface area contributed by atoms with E-state index < -0.39 is 0 Å². The Bertz CT molecular complexity index is 560. The second kappa shape index (κ2) is 4.80. The summed E-state index contributed by atoms with van der Waals surface area (Å²) in [5, 5.41) is 27.2. The molecule has 0 spiro atoms. The monoisotopic (exact) mass is 313 g/mol. The highest BCUT2D eigenvalue weighted by Crippen LogP contribution is 2.35. The van der Waals surface area contributed by atoms with E-state index in [4.69, 9.17) is 0 Å². The van der Waals surface area contributed by atoms with Gasteiger partial charge in [0.2, 0.25) is 5.13 Å². The lowest BCUT2D eigenvalue weighted by Gasteiger charge is -2.02. The van der Waals surface area contributed by atoms with Gasteiger partial charge in [0, 0.05) is 6.07 Å². The van der Waals surface area contributed by atoms with Gasteiger partial charge in [-0.25, -0.2) is 4.98 Å². The van der Waals surface area contributed by atoms with E-state index in [0.717, 1.165) is 3.79 Å². The molecule has 1 heterocycles. The number of phenolic OH excluding ortho intramolecular Hbond substituents is 2. The number of aromatic nitrogens is 1. The minimum absolute atomic E-state index is 0.00376. The Morgan fingerprint density at radius 2 is 2.06 bits per heavy atom. The first-order chi connectivity index (χ1) is 8.06. The summed E-state index contributed by atoms with van der Waals surface area (Å²) >= 11 is 4.60. The maximum atomic E-state index is 9.62. The first kappa shape index (κ1) is 12.0. The highest BCUT2D eigenvalue weighted by atomic mass is 79.9. The number of hydrogen-bond donors (Lipinski definition) is 2. The summed E-state index contributed by atoms with van der Waals surface area (Å²) in [6.45, 7) is 1.73. The molecule has 0 aliphatic carbocycles. The summed E-state index contributed by atoms with van der Waals surface area (Å²) in [6.07, 6.45) is 1.63. The average molecular weight is 314 g/mol. The van der Waals surface area contributed by atoms with Crippen LogP contribution in [0.1, 0.15) is 5.56 Å². The molecule has 0 unspecified atom stereocenters. The average Bonchev–Trinajstić information content (AvgIpc) is 2.62. The molecule has 17 heavy (non-hydrogen) atoms. The van der Waals surface area contributed by atoms with Gasteiger partial charge >= 0.3 is 0 Å². The van der Waals surface area contributed by atoms with Crippen molar-refractivity contribution < 1.29 is 10.2 Å². The van der Waals surface area contributed by atoms with Crippen molar-refractivity contribution in [3.05, 3.63) is 27.7 Å². The summed E-state index contributed by atoms with van der Waals surface area (Å²) in [5.41, 5.74) is 0.969. The third kappa shape index (κ3) is 2.80. The largest absolute Gasteiger partial charge is 0.508 e. The molecule has 0 fully saturated rings. The first-order valence-electron chi connectivity index (χ1n) is 4.62. The van der Waals surface area contributed by atoms with Gasteiger partial charge in [0.15, 0.2) is 0 Å². The topological polar surface area (TPSA) is 78.1 Å². The molecule has 0 aliphatic rings. The number of phenols is 2. The molecule has 0 amide bonds. The van der Waals surface area contributed by atoms with Gasteiger partial charge in [0.1, 0.15) is 17.2 Å². The van der Waals surface area contributed by atoms with Crippen molar-refractivity contribution in [1.82, 2.24) is 4.98 Å². The van der Waals surface area contributed by atoms with Gasteiger partial charge in [-0.15, -0.1) is 10.2 Å². The maximum absolute atomic E-state index is 9.62.